The van der Waals surface area contributed by atoms with Gasteiger partial charge in [-0.15, -0.1) is 0 Å². The van der Waals surface area contributed by atoms with Crippen molar-refractivity contribution in [2.45, 2.75) is 6.42 Å². The maximum absolute atomic E-state index is 10.6. The molecule has 2 rings (SSSR count). The molecule has 1 unspecified atom stereocenters. The van der Waals surface area contributed by atoms with Gasteiger partial charge in [0.25, 0.3) is 5.69 Å². The molecular weight excluding hydrogens is 246 g/mol. The van der Waals surface area contributed by atoms with Crippen LogP contribution in [0.1, 0.15) is 6.42 Å². The Bertz CT molecular complexity index is 418. The molecule has 1 atom stereocenters. The van der Waals surface area contributed by atoms with E-state index < -0.39 is 4.92 Å². The monoisotopic (exact) mass is 257 g/mol. The average Bonchev–Trinajstić information content (AvgIpc) is 2.80. The molecule has 1 aromatic rings. The smallest absolute Gasteiger partial charge is 0.273 e. The van der Waals surface area contributed by atoms with E-state index in [-0.39, 0.29) is 5.69 Å². The van der Waals surface area contributed by atoms with Crippen molar-refractivity contribution < 1.29 is 14.4 Å². The van der Waals surface area contributed by atoms with Gasteiger partial charge in [0.05, 0.1) is 29.2 Å². The van der Waals surface area contributed by atoms with Gasteiger partial charge < -0.3 is 9.47 Å². The lowest BCUT2D eigenvalue weighted by Crippen LogP contribution is -2.11. The van der Waals surface area contributed by atoms with Crippen LogP contribution in [0.5, 0.6) is 5.75 Å². The van der Waals surface area contributed by atoms with E-state index in [2.05, 4.69) is 0 Å². The standard InChI is InChI=1S/C11H12ClNO4/c12-10-2-1-9(13(14)15)5-11(10)17-7-8-3-4-16-6-8/h1-2,5,8H,3-4,6-7H2. The average molecular weight is 258 g/mol. The normalized spacial score (nSPS) is 19.2. The second-order valence-corrected chi connectivity index (χ2v) is 4.32. The van der Waals surface area contributed by atoms with E-state index in [1.165, 1.54) is 18.2 Å². The Morgan fingerprint density at radius 3 is 3.06 bits per heavy atom. The van der Waals surface area contributed by atoms with Crippen LogP contribution < -0.4 is 4.74 Å². The SMILES string of the molecule is O=[N+]([O-])c1ccc(Cl)c(OCC2CCOC2)c1. The van der Waals surface area contributed by atoms with Crippen molar-refractivity contribution in [1.29, 1.82) is 0 Å². The quantitative estimate of drug-likeness (QED) is 0.615. The molecule has 1 heterocycles. The van der Waals surface area contributed by atoms with Gasteiger partial charge in [0.2, 0.25) is 0 Å². The molecule has 0 N–H and O–H groups in total. The first-order valence-corrected chi connectivity index (χ1v) is 5.69. The number of hydrogen-bond acceptors (Lipinski definition) is 4. The molecule has 0 saturated carbocycles. The molecule has 1 fully saturated rings. The van der Waals surface area contributed by atoms with Gasteiger partial charge in [0.15, 0.2) is 0 Å². The van der Waals surface area contributed by atoms with E-state index in [9.17, 15) is 10.1 Å². The summed E-state index contributed by atoms with van der Waals surface area (Å²) in [7, 11) is 0. The molecule has 1 aliphatic heterocycles. The molecule has 1 aliphatic rings. The summed E-state index contributed by atoms with van der Waals surface area (Å²) in [6, 6.07) is 4.17. The van der Waals surface area contributed by atoms with E-state index >= 15 is 0 Å². The van der Waals surface area contributed by atoms with Gasteiger partial charge in [-0.1, -0.05) is 11.6 Å². The van der Waals surface area contributed by atoms with E-state index in [0.29, 0.717) is 29.9 Å². The van der Waals surface area contributed by atoms with E-state index in [0.717, 1.165) is 13.0 Å². The summed E-state index contributed by atoms with van der Waals surface area (Å²) >= 11 is 5.91. The van der Waals surface area contributed by atoms with Crippen LogP contribution in [-0.2, 0) is 4.74 Å². The minimum absolute atomic E-state index is 0.0212. The van der Waals surface area contributed by atoms with Crippen molar-refractivity contribution in [2.24, 2.45) is 5.92 Å². The summed E-state index contributed by atoms with van der Waals surface area (Å²) in [4.78, 5) is 10.1. The lowest BCUT2D eigenvalue weighted by Gasteiger charge is -2.11. The van der Waals surface area contributed by atoms with Gasteiger partial charge >= 0.3 is 0 Å². The van der Waals surface area contributed by atoms with Crippen LogP contribution in [0, 0.1) is 16.0 Å². The van der Waals surface area contributed by atoms with E-state index in [4.69, 9.17) is 21.1 Å². The number of nitro benzene ring substituents is 1. The van der Waals surface area contributed by atoms with Crippen LogP contribution in [0.15, 0.2) is 18.2 Å². The minimum atomic E-state index is -0.470. The van der Waals surface area contributed by atoms with Crippen LogP contribution in [0.25, 0.3) is 0 Å². The Kier molecular flexibility index (Phi) is 3.81. The van der Waals surface area contributed by atoms with Crippen LogP contribution in [0.2, 0.25) is 5.02 Å². The fourth-order valence-electron chi connectivity index (χ4n) is 1.64. The summed E-state index contributed by atoms with van der Waals surface area (Å²) < 4.78 is 10.7. The summed E-state index contributed by atoms with van der Waals surface area (Å²) in [6.45, 7) is 1.89. The zero-order chi connectivity index (χ0) is 12.3. The summed E-state index contributed by atoms with van der Waals surface area (Å²) in [5.41, 5.74) is -0.0212. The van der Waals surface area contributed by atoms with Gasteiger partial charge in [0, 0.05) is 18.6 Å². The van der Waals surface area contributed by atoms with Crippen molar-refractivity contribution in [3.63, 3.8) is 0 Å². The largest absolute Gasteiger partial charge is 0.491 e. The Morgan fingerprint density at radius 1 is 1.59 bits per heavy atom. The number of nitro groups is 1. The van der Waals surface area contributed by atoms with Crippen LogP contribution >= 0.6 is 11.6 Å². The summed E-state index contributed by atoms with van der Waals surface area (Å²) in [5.74, 6) is 0.693. The van der Waals surface area contributed by atoms with Gasteiger partial charge in [-0.05, 0) is 12.5 Å². The second kappa shape index (κ2) is 5.33. The number of ether oxygens (including phenoxy) is 2. The van der Waals surface area contributed by atoms with Gasteiger partial charge in [-0.3, -0.25) is 10.1 Å². The van der Waals surface area contributed by atoms with Gasteiger partial charge in [-0.2, -0.15) is 0 Å². The highest BCUT2D eigenvalue weighted by atomic mass is 35.5. The first-order valence-electron chi connectivity index (χ1n) is 5.31. The van der Waals surface area contributed by atoms with Crippen LogP contribution in [0.4, 0.5) is 5.69 Å². The fourth-order valence-corrected chi connectivity index (χ4v) is 1.81. The maximum Gasteiger partial charge on any atom is 0.273 e. The first-order chi connectivity index (χ1) is 8.16. The molecule has 92 valence electrons. The highest BCUT2D eigenvalue weighted by Crippen LogP contribution is 2.29. The molecule has 0 bridgehead atoms. The summed E-state index contributed by atoms with van der Waals surface area (Å²) in [6.07, 6.45) is 0.951. The third kappa shape index (κ3) is 3.08. The lowest BCUT2D eigenvalue weighted by molar-refractivity contribution is -0.384. The Labute approximate surface area is 103 Å². The molecule has 0 aliphatic carbocycles. The van der Waals surface area contributed by atoms with E-state index in [1.807, 2.05) is 0 Å². The molecule has 0 amide bonds. The van der Waals surface area contributed by atoms with Crippen LogP contribution in [-0.4, -0.2) is 24.7 Å². The van der Waals surface area contributed by atoms with E-state index in [1.54, 1.807) is 0 Å². The molecular formula is C11H12ClNO4. The van der Waals surface area contributed by atoms with Gasteiger partial charge in [0.1, 0.15) is 5.75 Å². The molecule has 1 aromatic carbocycles. The Morgan fingerprint density at radius 2 is 2.41 bits per heavy atom. The topological polar surface area (TPSA) is 61.6 Å². The zero-order valence-electron chi connectivity index (χ0n) is 9.10. The zero-order valence-corrected chi connectivity index (χ0v) is 9.85. The first kappa shape index (κ1) is 12.1. The van der Waals surface area contributed by atoms with Crippen molar-refractivity contribution in [1.82, 2.24) is 0 Å². The third-order valence-corrected chi connectivity index (χ3v) is 2.94. The predicted octanol–water partition coefficient (Wildman–Crippen LogP) is 2.66. The molecule has 6 heteroatoms. The molecule has 0 radical (unpaired) electrons. The van der Waals surface area contributed by atoms with Crippen molar-refractivity contribution in [2.75, 3.05) is 19.8 Å². The molecule has 5 nitrogen and oxygen atoms in total. The molecule has 1 saturated heterocycles. The number of halogens is 1. The fraction of sp³-hybridized carbons (Fsp3) is 0.455. The Hall–Kier alpha value is -1.33. The van der Waals surface area contributed by atoms with Crippen LogP contribution in [0.3, 0.4) is 0 Å². The summed E-state index contributed by atoms with van der Waals surface area (Å²) in [5, 5.41) is 11.0. The highest BCUT2D eigenvalue weighted by molar-refractivity contribution is 6.32. The van der Waals surface area contributed by atoms with Crippen molar-refractivity contribution in [3.05, 3.63) is 33.3 Å². The number of benzene rings is 1. The van der Waals surface area contributed by atoms with Crippen molar-refractivity contribution >= 4 is 17.3 Å². The number of non-ortho nitro benzene ring substituents is 1. The number of rotatable bonds is 4. The number of nitrogens with zero attached hydrogens (tertiary/aromatic N) is 1. The Balaban J connectivity index is 2.03. The minimum Gasteiger partial charge on any atom is -0.491 e. The molecule has 0 spiro atoms. The lowest BCUT2D eigenvalue weighted by atomic mass is 10.1. The van der Waals surface area contributed by atoms with Gasteiger partial charge in [-0.25, -0.2) is 0 Å². The predicted molar refractivity (Wildman–Crippen MR) is 62.5 cm³/mol. The highest BCUT2D eigenvalue weighted by Gasteiger charge is 2.18. The number of hydrogen-bond donors (Lipinski definition) is 0. The molecule has 17 heavy (non-hydrogen) atoms. The van der Waals surface area contributed by atoms with Crippen molar-refractivity contribution in [3.8, 4) is 5.75 Å². The second-order valence-electron chi connectivity index (χ2n) is 3.91. The third-order valence-electron chi connectivity index (χ3n) is 2.62. The maximum atomic E-state index is 10.6. The molecule has 0 aromatic heterocycles.